The molecule has 1 aliphatic carbocycles. The quantitative estimate of drug-likeness (QED) is 0.817. The molecule has 0 aromatic heterocycles. The highest BCUT2D eigenvalue weighted by Gasteiger charge is 2.31. The number of rotatable bonds is 4. The van der Waals surface area contributed by atoms with Gasteiger partial charge in [0.25, 0.3) is 0 Å². The summed E-state index contributed by atoms with van der Waals surface area (Å²) in [5.41, 5.74) is 0.688. The molecule has 1 nitrogen and oxygen atoms in total. The second kappa shape index (κ2) is 6.87. The molecule has 1 saturated carbocycles. The third-order valence-corrected chi connectivity index (χ3v) is 4.87. The summed E-state index contributed by atoms with van der Waals surface area (Å²) < 4.78 is 26.7. The molecular weight excluding hydrogens is 268 g/mol. The highest BCUT2D eigenvalue weighted by atomic mass is 19.1. The van der Waals surface area contributed by atoms with Crippen LogP contribution < -0.4 is 5.32 Å². The molecule has 0 radical (unpaired) electrons. The molecule has 2 rings (SSSR count). The van der Waals surface area contributed by atoms with Gasteiger partial charge in [-0.2, -0.15) is 0 Å². The Morgan fingerprint density at radius 3 is 2.24 bits per heavy atom. The molecule has 118 valence electrons. The number of benzene rings is 1. The summed E-state index contributed by atoms with van der Waals surface area (Å²) in [7, 11) is 0. The van der Waals surface area contributed by atoms with Crippen LogP contribution in [0, 0.1) is 29.4 Å². The van der Waals surface area contributed by atoms with E-state index in [0.29, 0.717) is 29.4 Å². The lowest BCUT2D eigenvalue weighted by Crippen LogP contribution is -2.43. The molecule has 1 aromatic rings. The van der Waals surface area contributed by atoms with Crippen molar-refractivity contribution in [2.45, 2.75) is 59.0 Å². The summed E-state index contributed by atoms with van der Waals surface area (Å²) in [5.74, 6) is 0.981. The molecule has 1 aliphatic rings. The standard InChI is InChI=1S/C18H27F2N/c1-11(2)17-6-5-12(3)7-18(17)21-13(4)14-8-15(19)10-16(20)9-14/h8-13,17-18,21H,5-7H2,1-4H3. The van der Waals surface area contributed by atoms with Crippen molar-refractivity contribution in [3.63, 3.8) is 0 Å². The summed E-state index contributed by atoms with van der Waals surface area (Å²) in [6.07, 6.45) is 3.66. The minimum atomic E-state index is -0.504. The van der Waals surface area contributed by atoms with E-state index in [1.807, 2.05) is 6.92 Å². The Bertz CT molecular complexity index is 452. The monoisotopic (exact) mass is 295 g/mol. The summed E-state index contributed by atoms with van der Waals surface area (Å²) in [6.45, 7) is 8.81. The SMILES string of the molecule is CC1CCC(C(C)C)C(NC(C)c2cc(F)cc(F)c2)C1. The van der Waals surface area contributed by atoms with Crippen LogP contribution in [0.4, 0.5) is 8.78 Å². The van der Waals surface area contributed by atoms with E-state index in [1.54, 1.807) is 0 Å². The minimum Gasteiger partial charge on any atom is -0.307 e. The fraction of sp³-hybridized carbons (Fsp3) is 0.667. The topological polar surface area (TPSA) is 12.0 Å². The van der Waals surface area contributed by atoms with Crippen molar-refractivity contribution in [1.82, 2.24) is 5.32 Å². The predicted octanol–water partition coefficient (Wildman–Crippen LogP) is 5.08. The number of hydrogen-bond acceptors (Lipinski definition) is 1. The van der Waals surface area contributed by atoms with E-state index >= 15 is 0 Å². The van der Waals surface area contributed by atoms with Crippen LogP contribution in [0.3, 0.4) is 0 Å². The van der Waals surface area contributed by atoms with Crippen LogP contribution in [-0.4, -0.2) is 6.04 Å². The van der Waals surface area contributed by atoms with E-state index in [-0.39, 0.29) is 6.04 Å². The van der Waals surface area contributed by atoms with Gasteiger partial charge in [-0.1, -0.05) is 27.2 Å². The van der Waals surface area contributed by atoms with Gasteiger partial charge in [-0.05, 0) is 55.2 Å². The molecule has 0 bridgehead atoms. The van der Waals surface area contributed by atoms with Crippen LogP contribution >= 0.6 is 0 Å². The van der Waals surface area contributed by atoms with Crippen molar-refractivity contribution in [1.29, 1.82) is 0 Å². The molecule has 3 heteroatoms. The van der Waals surface area contributed by atoms with E-state index in [4.69, 9.17) is 0 Å². The van der Waals surface area contributed by atoms with Gasteiger partial charge in [-0.3, -0.25) is 0 Å². The zero-order valence-corrected chi connectivity index (χ0v) is 13.5. The zero-order chi connectivity index (χ0) is 15.6. The average molecular weight is 295 g/mol. The highest BCUT2D eigenvalue weighted by Crippen LogP contribution is 2.34. The van der Waals surface area contributed by atoms with Gasteiger partial charge >= 0.3 is 0 Å². The molecule has 0 heterocycles. The van der Waals surface area contributed by atoms with Gasteiger partial charge < -0.3 is 5.32 Å². The molecule has 0 amide bonds. The van der Waals surface area contributed by atoms with Crippen molar-refractivity contribution in [3.05, 3.63) is 35.4 Å². The lowest BCUT2D eigenvalue weighted by Gasteiger charge is -2.39. The van der Waals surface area contributed by atoms with Gasteiger partial charge in [0.05, 0.1) is 0 Å². The fourth-order valence-corrected chi connectivity index (χ4v) is 3.64. The molecular formula is C18H27F2N. The molecule has 0 aliphatic heterocycles. The van der Waals surface area contributed by atoms with E-state index in [0.717, 1.165) is 12.5 Å². The first-order chi connectivity index (χ1) is 9.86. The predicted molar refractivity (Wildman–Crippen MR) is 83.0 cm³/mol. The first kappa shape index (κ1) is 16.4. The first-order valence-corrected chi connectivity index (χ1v) is 8.09. The van der Waals surface area contributed by atoms with Gasteiger partial charge in [0.15, 0.2) is 0 Å². The van der Waals surface area contributed by atoms with Crippen LogP contribution in [0.5, 0.6) is 0 Å². The van der Waals surface area contributed by atoms with Crippen LogP contribution in [0.15, 0.2) is 18.2 Å². The van der Waals surface area contributed by atoms with Crippen molar-refractivity contribution in [3.8, 4) is 0 Å². The lowest BCUT2D eigenvalue weighted by molar-refractivity contribution is 0.161. The molecule has 4 atom stereocenters. The zero-order valence-electron chi connectivity index (χ0n) is 13.5. The van der Waals surface area contributed by atoms with E-state index in [9.17, 15) is 8.78 Å². The van der Waals surface area contributed by atoms with Gasteiger partial charge in [-0.25, -0.2) is 8.78 Å². The molecule has 0 saturated heterocycles. The minimum absolute atomic E-state index is 0.0354. The maximum absolute atomic E-state index is 13.4. The second-order valence-electron chi connectivity index (χ2n) is 7.02. The lowest BCUT2D eigenvalue weighted by atomic mass is 9.73. The summed E-state index contributed by atoms with van der Waals surface area (Å²) in [6, 6.07) is 4.17. The van der Waals surface area contributed by atoms with Gasteiger partial charge in [-0.15, -0.1) is 0 Å². The summed E-state index contributed by atoms with van der Waals surface area (Å²) >= 11 is 0. The number of halogens is 2. The van der Waals surface area contributed by atoms with Crippen LogP contribution in [-0.2, 0) is 0 Å². The largest absolute Gasteiger partial charge is 0.307 e. The molecule has 4 unspecified atom stereocenters. The Hall–Kier alpha value is -0.960. The van der Waals surface area contributed by atoms with Crippen LogP contribution in [0.1, 0.15) is 58.6 Å². The molecule has 1 fully saturated rings. The van der Waals surface area contributed by atoms with Crippen LogP contribution in [0.2, 0.25) is 0 Å². The molecule has 1 aromatic carbocycles. The first-order valence-electron chi connectivity index (χ1n) is 8.09. The maximum atomic E-state index is 13.4. The summed E-state index contributed by atoms with van der Waals surface area (Å²) in [4.78, 5) is 0. The van der Waals surface area contributed by atoms with Crippen molar-refractivity contribution in [2.24, 2.45) is 17.8 Å². The van der Waals surface area contributed by atoms with Gasteiger partial charge in [0.1, 0.15) is 11.6 Å². The van der Waals surface area contributed by atoms with Crippen molar-refractivity contribution >= 4 is 0 Å². The van der Waals surface area contributed by atoms with Crippen molar-refractivity contribution < 1.29 is 8.78 Å². The smallest absolute Gasteiger partial charge is 0.126 e. The molecule has 1 N–H and O–H groups in total. The highest BCUT2D eigenvalue weighted by molar-refractivity contribution is 5.21. The van der Waals surface area contributed by atoms with E-state index in [1.165, 1.54) is 25.0 Å². The Labute approximate surface area is 127 Å². The Morgan fingerprint density at radius 2 is 1.67 bits per heavy atom. The van der Waals surface area contributed by atoms with Crippen molar-refractivity contribution in [2.75, 3.05) is 0 Å². The van der Waals surface area contributed by atoms with E-state index < -0.39 is 11.6 Å². The Morgan fingerprint density at radius 1 is 1.05 bits per heavy atom. The second-order valence-corrected chi connectivity index (χ2v) is 7.02. The average Bonchev–Trinajstić information content (AvgIpc) is 2.37. The molecule has 21 heavy (non-hydrogen) atoms. The maximum Gasteiger partial charge on any atom is 0.126 e. The number of nitrogens with one attached hydrogen (secondary N) is 1. The third-order valence-electron chi connectivity index (χ3n) is 4.87. The summed E-state index contributed by atoms with van der Waals surface area (Å²) in [5, 5.41) is 3.62. The van der Waals surface area contributed by atoms with Crippen LogP contribution in [0.25, 0.3) is 0 Å². The Balaban J connectivity index is 2.10. The third kappa shape index (κ3) is 4.26. The Kier molecular flexibility index (Phi) is 5.37. The fourth-order valence-electron chi connectivity index (χ4n) is 3.64. The molecule has 0 spiro atoms. The van der Waals surface area contributed by atoms with Gasteiger partial charge in [0, 0.05) is 18.2 Å². The van der Waals surface area contributed by atoms with E-state index in [2.05, 4.69) is 26.1 Å². The normalized spacial score (nSPS) is 27.9. The van der Waals surface area contributed by atoms with Gasteiger partial charge in [0.2, 0.25) is 0 Å². The number of hydrogen-bond donors (Lipinski definition) is 1.